The van der Waals surface area contributed by atoms with E-state index in [1.807, 2.05) is 21.8 Å². The maximum Gasteiger partial charge on any atom is 0.259 e. The van der Waals surface area contributed by atoms with Gasteiger partial charge in [0.1, 0.15) is 12.2 Å². The van der Waals surface area contributed by atoms with E-state index in [4.69, 9.17) is 9.47 Å². The van der Waals surface area contributed by atoms with E-state index in [2.05, 4.69) is 10.1 Å². The minimum Gasteiger partial charge on any atom is -0.475 e. The maximum absolute atomic E-state index is 12.9. The summed E-state index contributed by atoms with van der Waals surface area (Å²) < 4.78 is 12.5. The summed E-state index contributed by atoms with van der Waals surface area (Å²) in [4.78, 5) is 19.0. The molecule has 1 atom stereocenters. The standard InChI is InChI=1S/C17H22N4O3/c1-23-11-12-24-16-15(6-2-7-18-16)17(22)20-9-3-5-14(13-20)21-10-4-8-19-21/h2,4,6-8,10,14H,3,5,9,11-13H2,1H3/t14-/m1/s1. The van der Waals surface area contributed by atoms with Crippen molar-refractivity contribution >= 4 is 5.91 Å². The summed E-state index contributed by atoms with van der Waals surface area (Å²) in [5, 5.41) is 4.30. The van der Waals surface area contributed by atoms with Crippen LogP contribution in [0.2, 0.25) is 0 Å². The van der Waals surface area contributed by atoms with E-state index in [0.717, 1.165) is 19.4 Å². The summed E-state index contributed by atoms with van der Waals surface area (Å²) in [6.07, 6.45) is 7.32. The summed E-state index contributed by atoms with van der Waals surface area (Å²) in [6.45, 7) is 2.20. The van der Waals surface area contributed by atoms with Gasteiger partial charge in [-0.3, -0.25) is 9.48 Å². The summed E-state index contributed by atoms with van der Waals surface area (Å²) in [6, 6.07) is 5.64. The highest BCUT2D eigenvalue weighted by Gasteiger charge is 2.27. The number of ether oxygens (including phenoxy) is 2. The van der Waals surface area contributed by atoms with Crippen LogP contribution in [0.15, 0.2) is 36.8 Å². The lowest BCUT2D eigenvalue weighted by Gasteiger charge is -2.33. The van der Waals surface area contributed by atoms with Gasteiger partial charge in [-0.25, -0.2) is 4.98 Å². The Labute approximate surface area is 141 Å². The SMILES string of the molecule is COCCOc1ncccc1C(=O)N1CCC[C@@H](n2cccn2)C1. The highest BCUT2D eigenvalue weighted by atomic mass is 16.5. The summed E-state index contributed by atoms with van der Waals surface area (Å²) in [5.74, 6) is 0.313. The molecule has 0 bridgehead atoms. The summed E-state index contributed by atoms with van der Waals surface area (Å²) >= 11 is 0. The third kappa shape index (κ3) is 3.73. The highest BCUT2D eigenvalue weighted by Crippen LogP contribution is 2.24. The monoisotopic (exact) mass is 330 g/mol. The molecule has 1 saturated heterocycles. The minimum atomic E-state index is -0.0487. The average Bonchev–Trinajstić information content (AvgIpc) is 3.17. The zero-order valence-corrected chi connectivity index (χ0v) is 13.8. The molecule has 2 aromatic heterocycles. The molecule has 7 nitrogen and oxygen atoms in total. The second kappa shape index (κ2) is 7.92. The predicted molar refractivity (Wildman–Crippen MR) is 88.0 cm³/mol. The molecular formula is C17H22N4O3. The minimum absolute atomic E-state index is 0.0487. The zero-order chi connectivity index (χ0) is 16.8. The Kier molecular flexibility index (Phi) is 5.43. The van der Waals surface area contributed by atoms with E-state index in [-0.39, 0.29) is 11.9 Å². The van der Waals surface area contributed by atoms with Crippen molar-refractivity contribution in [2.45, 2.75) is 18.9 Å². The molecule has 0 spiro atoms. The molecule has 0 saturated carbocycles. The molecule has 3 rings (SSSR count). The molecule has 128 valence electrons. The molecule has 1 fully saturated rings. The number of aromatic nitrogens is 3. The van der Waals surface area contributed by atoms with Gasteiger partial charge in [-0.2, -0.15) is 5.10 Å². The molecule has 0 aromatic carbocycles. The Morgan fingerprint density at radius 2 is 2.25 bits per heavy atom. The van der Waals surface area contributed by atoms with E-state index in [9.17, 15) is 4.79 Å². The first kappa shape index (κ1) is 16.4. The molecule has 24 heavy (non-hydrogen) atoms. The lowest BCUT2D eigenvalue weighted by molar-refractivity contribution is 0.0665. The number of piperidine rings is 1. The molecule has 3 heterocycles. The third-order valence-electron chi connectivity index (χ3n) is 4.11. The smallest absolute Gasteiger partial charge is 0.259 e. The van der Waals surface area contributed by atoms with E-state index in [0.29, 0.717) is 31.2 Å². The van der Waals surface area contributed by atoms with Crippen molar-refractivity contribution in [1.29, 1.82) is 0 Å². The quantitative estimate of drug-likeness (QED) is 0.755. The molecule has 7 heteroatoms. The van der Waals surface area contributed by atoms with Gasteiger partial charge in [-0.1, -0.05) is 0 Å². The van der Waals surface area contributed by atoms with Crippen LogP contribution in [-0.4, -0.2) is 59.0 Å². The van der Waals surface area contributed by atoms with Gasteiger partial charge in [0.25, 0.3) is 5.91 Å². The van der Waals surface area contributed by atoms with Gasteiger partial charge in [0, 0.05) is 38.8 Å². The van der Waals surface area contributed by atoms with Crippen LogP contribution < -0.4 is 4.74 Å². The largest absolute Gasteiger partial charge is 0.475 e. The number of likely N-dealkylation sites (tertiary alicyclic amines) is 1. The van der Waals surface area contributed by atoms with Gasteiger partial charge in [-0.05, 0) is 31.0 Å². The van der Waals surface area contributed by atoms with Crippen molar-refractivity contribution < 1.29 is 14.3 Å². The maximum atomic E-state index is 12.9. The van der Waals surface area contributed by atoms with Gasteiger partial charge in [0.15, 0.2) is 0 Å². The molecule has 0 N–H and O–H groups in total. The Morgan fingerprint density at radius 1 is 1.33 bits per heavy atom. The number of rotatable bonds is 6. The third-order valence-corrected chi connectivity index (χ3v) is 4.11. The molecule has 0 radical (unpaired) electrons. The highest BCUT2D eigenvalue weighted by molar-refractivity contribution is 5.96. The van der Waals surface area contributed by atoms with Crippen molar-refractivity contribution in [3.05, 3.63) is 42.4 Å². The summed E-state index contributed by atoms with van der Waals surface area (Å²) in [5.41, 5.74) is 0.495. The van der Waals surface area contributed by atoms with E-state index < -0.39 is 0 Å². The molecule has 2 aromatic rings. The van der Waals surface area contributed by atoms with Gasteiger partial charge in [0.05, 0.1) is 12.6 Å². The first-order chi connectivity index (χ1) is 11.8. The molecule has 1 amide bonds. The number of hydrogen-bond acceptors (Lipinski definition) is 5. The van der Waals surface area contributed by atoms with E-state index in [1.165, 1.54) is 0 Å². The number of nitrogens with zero attached hydrogens (tertiary/aromatic N) is 4. The number of carbonyl (C=O) groups is 1. The van der Waals surface area contributed by atoms with Crippen LogP contribution in [0.25, 0.3) is 0 Å². The lowest BCUT2D eigenvalue weighted by Crippen LogP contribution is -2.41. The molecule has 1 aliphatic heterocycles. The van der Waals surface area contributed by atoms with Crippen LogP contribution in [0.5, 0.6) is 5.88 Å². The lowest BCUT2D eigenvalue weighted by atomic mass is 10.0. The normalized spacial score (nSPS) is 17.7. The number of hydrogen-bond donors (Lipinski definition) is 0. The molecular weight excluding hydrogens is 308 g/mol. The van der Waals surface area contributed by atoms with Crippen molar-refractivity contribution in [3.8, 4) is 5.88 Å². The van der Waals surface area contributed by atoms with Gasteiger partial charge >= 0.3 is 0 Å². The zero-order valence-electron chi connectivity index (χ0n) is 13.8. The fraction of sp³-hybridized carbons (Fsp3) is 0.471. The fourth-order valence-corrected chi connectivity index (χ4v) is 2.91. The average molecular weight is 330 g/mol. The number of methoxy groups -OCH3 is 1. The molecule has 1 aliphatic rings. The Morgan fingerprint density at radius 3 is 3.04 bits per heavy atom. The van der Waals surface area contributed by atoms with Crippen molar-refractivity contribution in [3.63, 3.8) is 0 Å². The van der Waals surface area contributed by atoms with Crippen LogP contribution in [0.4, 0.5) is 0 Å². The van der Waals surface area contributed by atoms with Gasteiger partial charge in [-0.15, -0.1) is 0 Å². The van der Waals surface area contributed by atoms with Crippen LogP contribution >= 0.6 is 0 Å². The second-order valence-corrected chi connectivity index (χ2v) is 5.73. The van der Waals surface area contributed by atoms with Crippen LogP contribution in [0, 0.1) is 0 Å². The van der Waals surface area contributed by atoms with Gasteiger partial charge in [0.2, 0.25) is 5.88 Å². The number of amides is 1. The Bertz CT molecular complexity index is 660. The number of pyridine rings is 1. The van der Waals surface area contributed by atoms with E-state index >= 15 is 0 Å². The summed E-state index contributed by atoms with van der Waals surface area (Å²) in [7, 11) is 1.61. The first-order valence-electron chi connectivity index (χ1n) is 8.14. The van der Waals surface area contributed by atoms with Crippen molar-refractivity contribution in [2.75, 3.05) is 33.4 Å². The number of carbonyl (C=O) groups excluding carboxylic acids is 1. The Balaban J connectivity index is 1.71. The molecule has 0 unspecified atom stereocenters. The van der Waals surface area contributed by atoms with Crippen LogP contribution in [0.3, 0.4) is 0 Å². The topological polar surface area (TPSA) is 69.5 Å². The van der Waals surface area contributed by atoms with Gasteiger partial charge < -0.3 is 14.4 Å². The first-order valence-corrected chi connectivity index (χ1v) is 8.14. The Hall–Kier alpha value is -2.41. The fourth-order valence-electron chi connectivity index (χ4n) is 2.91. The van der Waals surface area contributed by atoms with Crippen molar-refractivity contribution in [2.24, 2.45) is 0 Å². The van der Waals surface area contributed by atoms with Crippen LogP contribution in [0.1, 0.15) is 29.2 Å². The molecule has 0 aliphatic carbocycles. The van der Waals surface area contributed by atoms with E-state index in [1.54, 1.807) is 31.6 Å². The van der Waals surface area contributed by atoms with Crippen LogP contribution in [-0.2, 0) is 4.74 Å². The van der Waals surface area contributed by atoms with Crippen molar-refractivity contribution in [1.82, 2.24) is 19.7 Å². The second-order valence-electron chi connectivity index (χ2n) is 5.73. The predicted octanol–water partition coefficient (Wildman–Crippen LogP) is 1.78.